The summed E-state index contributed by atoms with van der Waals surface area (Å²) in [5.41, 5.74) is 5.62. The fourth-order valence-electron chi connectivity index (χ4n) is 8.16. The van der Waals surface area contributed by atoms with Crippen LogP contribution in [0.1, 0.15) is 83.0 Å². The average molecular weight is 680 g/mol. The summed E-state index contributed by atoms with van der Waals surface area (Å²) in [7, 11) is 0. The van der Waals surface area contributed by atoms with Gasteiger partial charge in [-0.15, -0.1) is 0 Å². The predicted molar refractivity (Wildman–Crippen MR) is 188 cm³/mol. The van der Waals surface area contributed by atoms with Gasteiger partial charge in [-0.2, -0.15) is 0 Å². The second-order valence-electron chi connectivity index (χ2n) is 14.1. The Balaban J connectivity index is 1.02. The van der Waals surface area contributed by atoms with E-state index in [0.29, 0.717) is 25.6 Å². The van der Waals surface area contributed by atoms with E-state index in [1.54, 1.807) is 11.8 Å². The molecule has 0 aliphatic carbocycles. The summed E-state index contributed by atoms with van der Waals surface area (Å²) in [6.45, 7) is 7.29. The smallest absolute Gasteiger partial charge is 0.405 e. The number of rotatable bonds is 8. The van der Waals surface area contributed by atoms with Crippen molar-refractivity contribution in [3.8, 4) is 33.6 Å². The van der Waals surface area contributed by atoms with Crippen LogP contribution in [0.3, 0.4) is 0 Å². The molecule has 3 atom stereocenters. The summed E-state index contributed by atoms with van der Waals surface area (Å²) < 4.78 is 5.61. The first-order valence-electron chi connectivity index (χ1n) is 17.6. The van der Waals surface area contributed by atoms with Gasteiger partial charge in [0.05, 0.1) is 23.5 Å². The molecule has 3 amide bonds. The van der Waals surface area contributed by atoms with Crippen molar-refractivity contribution >= 4 is 17.9 Å². The van der Waals surface area contributed by atoms with Crippen molar-refractivity contribution in [2.75, 3.05) is 19.8 Å². The first kappa shape index (κ1) is 33.5. The molecular formula is C38H45N7O5. The summed E-state index contributed by atoms with van der Waals surface area (Å²) in [5.74, 6) is 1.24. The Morgan fingerprint density at radius 2 is 1.38 bits per heavy atom. The van der Waals surface area contributed by atoms with Crippen LogP contribution in [0.25, 0.3) is 33.6 Å². The van der Waals surface area contributed by atoms with Crippen molar-refractivity contribution < 1.29 is 24.2 Å². The number of nitrogens with one attached hydrogen (secondary N) is 3. The number of carbonyl (C=O) groups excluding carboxylic acids is 2. The van der Waals surface area contributed by atoms with Gasteiger partial charge in [0.25, 0.3) is 0 Å². The molecule has 0 radical (unpaired) electrons. The fourth-order valence-corrected chi connectivity index (χ4v) is 8.16. The number of carbonyl (C=O) groups is 3. The van der Waals surface area contributed by atoms with Gasteiger partial charge < -0.3 is 34.9 Å². The zero-order chi connectivity index (χ0) is 35.0. The minimum absolute atomic E-state index is 0.0549. The van der Waals surface area contributed by atoms with E-state index < -0.39 is 12.1 Å². The maximum absolute atomic E-state index is 13.3. The van der Waals surface area contributed by atoms with Gasteiger partial charge in [0.15, 0.2) is 0 Å². The number of aromatic nitrogens is 4. The largest absolute Gasteiger partial charge is 0.465 e. The van der Waals surface area contributed by atoms with E-state index >= 15 is 0 Å². The molecule has 2 aromatic carbocycles. The summed E-state index contributed by atoms with van der Waals surface area (Å²) >= 11 is 0. The van der Waals surface area contributed by atoms with Crippen LogP contribution in [0, 0.1) is 5.92 Å². The molecule has 3 fully saturated rings. The highest BCUT2D eigenvalue weighted by molar-refractivity contribution is 5.86. The molecule has 4 aromatic rings. The lowest BCUT2D eigenvalue weighted by atomic mass is 9.87. The van der Waals surface area contributed by atoms with Gasteiger partial charge in [-0.3, -0.25) is 9.59 Å². The Hall–Kier alpha value is -4.97. The molecule has 1 unspecified atom stereocenters. The molecule has 5 heterocycles. The number of hydrogen-bond acceptors (Lipinski definition) is 6. The quantitative estimate of drug-likeness (QED) is 0.170. The second-order valence-corrected chi connectivity index (χ2v) is 14.1. The number of amides is 3. The van der Waals surface area contributed by atoms with Crippen molar-refractivity contribution in [2.45, 2.75) is 83.0 Å². The normalized spacial score (nSPS) is 20.8. The van der Waals surface area contributed by atoms with Crippen molar-refractivity contribution in [1.82, 2.24) is 35.1 Å². The van der Waals surface area contributed by atoms with E-state index in [9.17, 15) is 19.5 Å². The summed E-state index contributed by atoms with van der Waals surface area (Å²) in [6, 6.07) is 15.5. The van der Waals surface area contributed by atoms with Crippen LogP contribution < -0.4 is 5.32 Å². The van der Waals surface area contributed by atoms with Crippen LogP contribution in [0.2, 0.25) is 0 Å². The van der Waals surface area contributed by atoms with Gasteiger partial charge >= 0.3 is 6.09 Å². The van der Waals surface area contributed by atoms with Gasteiger partial charge in [0.1, 0.15) is 17.7 Å². The minimum atomic E-state index is -1.20. The van der Waals surface area contributed by atoms with Crippen LogP contribution in [-0.2, 0) is 14.3 Å². The maximum Gasteiger partial charge on any atom is 0.405 e. The number of likely N-dealkylation sites (tertiary alicyclic amines) is 2. The van der Waals surface area contributed by atoms with Crippen molar-refractivity contribution in [3.05, 3.63) is 72.6 Å². The molecule has 7 rings (SSSR count). The van der Waals surface area contributed by atoms with Gasteiger partial charge in [-0.05, 0) is 55.6 Å². The lowest BCUT2D eigenvalue weighted by Crippen LogP contribution is -2.50. The Morgan fingerprint density at radius 1 is 0.840 bits per heavy atom. The van der Waals surface area contributed by atoms with Crippen LogP contribution in [0.5, 0.6) is 0 Å². The summed E-state index contributed by atoms with van der Waals surface area (Å²) in [4.78, 5) is 57.7. The van der Waals surface area contributed by atoms with Crippen LogP contribution in [0.4, 0.5) is 4.79 Å². The Labute approximate surface area is 291 Å². The highest BCUT2D eigenvalue weighted by Crippen LogP contribution is 2.47. The van der Waals surface area contributed by atoms with Gasteiger partial charge in [-0.1, -0.05) is 62.4 Å². The average Bonchev–Trinajstić information content (AvgIpc) is 3.94. The second kappa shape index (κ2) is 13.7. The Bertz CT molecular complexity index is 1840. The van der Waals surface area contributed by atoms with E-state index in [2.05, 4.69) is 56.6 Å². The van der Waals surface area contributed by atoms with Crippen molar-refractivity contribution in [3.63, 3.8) is 0 Å². The number of ether oxygens (including phenoxy) is 1. The number of hydrogen-bond donors (Lipinski definition) is 4. The third kappa shape index (κ3) is 6.39. The molecule has 4 N–H and O–H groups in total. The molecule has 3 aliphatic heterocycles. The lowest BCUT2D eigenvalue weighted by molar-refractivity contribution is -0.139. The molecule has 2 aromatic heterocycles. The summed E-state index contributed by atoms with van der Waals surface area (Å²) in [6.07, 6.45) is 7.79. The molecule has 3 aliphatic rings. The Kier molecular flexibility index (Phi) is 9.21. The SMILES string of the molecule is CC(=O)N1C(c2nc(-c3ccc(-c4ccc(-c5c[nH]c([C@@H]6CCCN6C(=O)[C@@H](NC(=O)O)C(C)C)n5)cc4)cc3)c[nH]2)CCC12CCOCC2. The van der Waals surface area contributed by atoms with Crippen LogP contribution in [-0.4, -0.2) is 84.1 Å². The molecule has 0 bridgehead atoms. The van der Waals surface area contributed by atoms with E-state index in [1.165, 1.54) is 0 Å². The topological polar surface area (TPSA) is 157 Å². The fraction of sp³-hybridized carbons (Fsp3) is 0.447. The zero-order valence-electron chi connectivity index (χ0n) is 28.8. The third-order valence-electron chi connectivity index (χ3n) is 10.7. The van der Waals surface area contributed by atoms with E-state index in [1.807, 2.05) is 38.4 Å². The lowest BCUT2D eigenvalue weighted by Gasteiger charge is -2.42. The standard InChI is InChI=1S/C38H45N7O5/c1-23(2)33(43-37(48)49)36(47)44-18-4-5-31(44)34-39-21-29(41-34)27-10-6-25(7-11-27)26-8-12-28(13-9-26)30-22-40-35(42-30)32-14-15-38(45(32)24(3)46)16-19-50-20-17-38/h6-13,21-23,31-33,43H,4-5,14-20H2,1-3H3,(H,39,41)(H,40,42)(H,48,49)/t31-,32?,33-/m0/s1. The van der Waals surface area contributed by atoms with Gasteiger partial charge in [-0.25, -0.2) is 14.8 Å². The molecule has 0 saturated carbocycles. The molecule has 1 spiro atoms. The highest BCUT2D eigenvalue weighted by atomic mass is 16.5. The third-order valence-corrected chi connectivity index (χ3v) is 10.7. The predicted octanol–water partition coefficient (Wildman–Crippen LogP) is 6.32. The number of carboxylic acid groups (broad SMARTS) is 1. The highest BCUT2D eigenvalue weighted by Gasteiger charge is 2.49. The first-order chi connectivity index (χ1) is 24.1. The number of imidazole rings is 2. The molecule has 12 heteroatoms. The number of aromatic amines is 2. The number of H-pyrrole nitrogens is 2. The molecule has 50 heavy (non-hydrogen) atoms. The zero-order valence-corrected chi connectivity index (χ0v) is 28.8. The number of benzene rings is 2. The van der Waals surface area contributed by atoms with Crippen LogP contribution >= 0.6 is 0 Å². The van der Waals surface area contributed by atoms with Gasteiger partial charge in [0.2, 0.25) is 11.8 Å². The maximum atomic E-state index is 13.3. The Morgan fingerprint density at radius 3 is 1.90 bits per heavy atom. The van der Waals surface area contributed by atoms with E-state index in [-0.39, 0.29) is 35.4 Å². The summed E-state index contributed by atoms with van der Waals surface area (Å²) in [5, 5.41) is 11.7. The number of nitrogens with zero attached hydrogens (tertiary/aromatic N) is 4. The molecule has 12 nitrogen and oxygen atoms in total. The monoisotopic (exact) mass is 679 g/mol. The van der Waals surface area contributed by atoms with E-state index in [0.717, 1.165) is 78.0 Å². The molecule has 3 saturated heterocycles. The van der Waals surface area contributed by atoms with Crippen molar-refractivity contribution in [2.24, 2.45) is 5.92 Å². The first-order valence-corrected chi connectivity index (χ1v) is 17.6. The van der Waals surface area contributed by atoms with E-state index in [4.69, 9.17) is 14.7 Å². The van der Waals surface area contributed by atoms with Crippen LogP contribution in [0.15, 0.2) is 60.9 Å². The minimum Gasteiger partial charge on any atom is -0.465 e. The molecular weight excluding hydrogens is 634 g/mol. The molecule has 262 valence electrons. The van der Waals surface area contributed by atoms with Crippen molar-refractivity contribution in [1.29, 1.82) is 0 Å². The van der Waals surface area contributed by atoms with Gasteiger partial charge in [0, 0.05) is 55.7 Å².